The van der Waals surface area contributed by atoms with Crippen LogP contribution in [0.2, 0.25) is 0 Å². The molecule has 2 aromatic rings. The van der Waals surface area contributed by atoms with Gasteiger partial charge in [0.15, 0.2) is 13.2 Å². The summed E-state index contributed by atoms with van der Waals surface area (Å²) in [6.45, 7) is 6.94. The van der Waals surface area contributed by atoms with E-state index < -0.39 is 18.5 Å². The highest BCUT2D eigenvalue weighted by Crippen LogP contribution is 2.37. The second kappa shape index (κ2) is 9.69. The van der Waals surface area contributed by atoms with E-state index in [-0.39, 0.29) is 12.6 Å². The van der Waals surface area contributed by atoms with Gasteiger partial charge in [-0.15, -0.1) is 0 Å². The molecule has 31 heavy (non-hydrogen) atoms. The Morgan fingerprint density at radius 2 is 1.77 bits per heavy atom. The number of rotatable bonds is 7. The number of para-hydroxylation sites is 1. The zero-order valence-corrected chi connectivity index (χ0v) is 18.6. The molecule has 0 unspecified atom stereocenters. The first kappa shape index (κ1) is 22.4. The van der Waals surface area contributed by atoms with Crippen LogP contribution in [0.25, 0.3) is 0 Å². The Kier molecular flexibility index (Phi) is 7.01. The van der Waals surface area contributed by atoms with Crippen LogP contribution in [0.4, 0.5) is 5.82 Å². The smallest absolute Gasteiger partial charge is 0.344 e. The lowest BCUT2D eigenvalue weighted by molar-refractivity contribution is -0.149. The zero-order chi connectivity index (χ0) is 22.5. The normalized spacial score (nSPS) is 13.6. The van der Waals surface area contributed by atoms with Gasteiger partial charge in [0.1, 0.15) is 17.6 Å². The number of nitriles is 1. The summed E-state index contributed by atoms with van der Waals surface area (Å²) in [5, 5.41) is 12.4. The van der Waals surface area contributed by atoms with Gasteiger partial charge in [-0.05, 0) is 57.2 Å². The Hall–Kier alpha value is -3.27. The Morgan fingerprint density at radius 1 is 1.13 bits per heavy atom. The molecule has 0 aliphatic heterocycles. The minimum Gasteiger partial charge on any atom is -0.481 e. The fourth-order valence-corrected chi connectivity index (χ4v) is 4.22. The number of hydrogen-bond donors (Lipinski definition) is 1. The standard InChI is InChI=1S/C24H29N3O4/c1-15-8-7-9-16(2)23(15)31-14-22(29)30-13-21(28)26-24-20(12-25)17(3)18(4)27(24)19-10-5-6-11-19/h7-9,19H,5-6,10-11,13-14H2,1-4H3,(H,26,28). The number of aryl methyl sites for hydroxylation is 2. The van der Waals surface area contributed by atoms with E-state index in [9.17, 15) is 14.9 Å². The first-order chi connectivity index (χ1) is 14.8. The number of nitrogens with one attached hydrogen (secondary N) is 1. The summed E-state index contributed by atoms with van der Waals surface area (Å²) in [7, 11) is 0. The van der Waals surface area contributed by atoms with Crippen molar-refractivity contribution in [2.75, 3.05) is 18.5 Å². The van der Waals surface area contributed by atoms with Crippen molar-refractivity contribution in [2.24, 2.45) is 0 Å². The second-order valence-corrected chi connectivity index (χ2v) is 8.07. The maximum Gasteiger partial charge on any atom is 0.344 e. The lowest BCUT2D eigenvalue weighted by Gasteiger charge is -2.19. The van der Waals surface area contributed by atoms with Gasteiger partial charge in [-0.2, -0.15) is 5.26 Å². The van der Waals surface area contributed by atoms with Crippen molar-refractivity contribution in [2.45, 2.75) is 59.4 Å². The number of anilines is 1. The molecule has 1 amide bonds. The van der Waals surface area contributed by atoms with Crippen LogP contribution in [0.1, 0.15) is 59.7 Å². The summed E-state index contributed by atoms with van der Waals surface area (Å²) in [5.41, 5.74) is 4.16. The molecule has 1 N–H and O–H groups in total. The fraction of sp³-hybridized carbons (Fsp3) is 0.458. The first-order valence-corrected chi connectivity index (χ1v) is 10.6. The van der Waals surface area contributed by atoms with Gasteiger partial charge in [0.2, 0.25) is 0 Å². The van der Waals surface area contributed by atoms with Crippen molar-refractivity contribution in [3.05, 3.63) is 46.1 Å². The summed E-state index contributed by atoms with van der Waals surface area (Å²) in [6.07, 6.45) is 4.31. The number of nitrogens with zero attached hydrogens (tertiary/aromatic N) is 2. The summed E-state index contributed by atoms with van der Waals surface area (Å²) < 4.78 is 12.7. The van der Waals surface area contributed by atoms with Crippen molar-refractivity contribution >= 4 is 17.7 Å². The molecule has 1 fully saturated rings. The van der Waals surface area contributed by atoms with Gasteiger partial charge < -0.3 is 19.4 Å². The van der Waals surface area contributed by atoms with E-state index in [0.717, 1.165) is 48.1 Å². The number of ether oxygens (including phenoxy) is 2. The molecule has 0 saturated heterocycles. The largest absolute Gasteiger partial charge is 0.481 e. The monoisotopic (exact) mass is 423 g/mol. The summed E-state index contributed by atoms with van der Waals surface area (Å²) in [4.78, 5) is 24.6. The third-order valence-corrected chi connectivity index (χ3v) is 5.92. The maximum absolute atomic E-state index is 12.5. The molecule has 1 aromatic heterocycles. The number of carbonyl (C=O) groups excluding carboxylic acids is 2. The van der Waals surface area contributed by atoms with E-state index in [4.69, 9.17) is 9.47 Å². The van der Waals surface area contributed by atoms with E-state index in [2.05, 4.69) is 16.0 Å². The second-order valence-electron chi connectivity index (χ2n) is 8.07. The third-order valence-electron chi connectivity index (χ3n) is 5.92. The van der Waals surface area contributed by atoms with Gasteiger partial charge in [0.25, 0.3) is 5.91 Å². The Labute approximate surface area is 183 Å². The van der Waals surface area contributed by atoms with Crippen LogP contribution in [0.3, 0.4) is 0 Å². The molecule has 1 aliphatic carbocycles. The minimum absolute atomic E-state index is 0.268. The van der Waals surface area contributed by atoms with Crippen LogP contribution in [0.15, 0.2) is 18.2 Å². The summed E-state index contributed by atoms with van der Waals surface area (Å²) in [6, 6.07) is 8.19. The van der Waals surface area contributed by atoms with Crippen LogP contribution in [0.5, 0.6) is 5.75 Å². The zero-order valence-electron chi connectivity index (χ0n) is 18.6. The average molecular weight is 424 g/mol. The molecule has 1 saturated carbocycles. The van der Waals surface area contributed by atoms with E-state index in [0.29, 0.717) is 17.1 Å². The van der Waals surface area contributed by atoms with Gasteiger partial charge >= 0.3 is 5.97 Å². The Bertz CT molecular complexity index is 1010. The number of aromatic nitrogens is 1. The molecule has 1 heterocycles. The quantitative estimate of drug-likeness (QED) is 0.671. The van der Waals surface area contributed by atoms with Gasteiger partial charge in [0.05, 0.1) is 5.56 Å². The molecule has 0 spiro atoms. The summed E-state index contributed by atoms with van der Waals surface area (Å²) in [5.74, 6) is 0.0330. The molecule has 7 nitrogen and oxygen atoms in total. The molecule has 0 radical (unpaired) electrons. The molecule has 1 aliphatic rings. The Morgan fingerprint density at radius 3 is 2.39 bits per heavy atom. The van der Waals surface area contributed by atoms with Gasteiger partial charge in [0, 0.05) is 11.7 Å². The molecule has 0 bridgehead atoms. The topological polar surface area (TPSA) is 93.3 Å². The number of amides is 1. The van der Waals surface area contributed by atoms with Crippen LogP contribution in [0, 0.1) is 39.0 Å². The molecule has 1 aromatic carbocycles. The van der Waals surface area contributed by atoms with Crippen molar-refractivity contribution in [1.29, 1.82) is 5.26 Å². The number of benzene rings is 1. The highest BCUT2D eigenvalue weighted by molar-refractivity contribution is 5.93. The molecular weight excluding hydrogens is 394 g/mol. The van der Waals surface area contributed by atoms with Gasteiger partial charge in [-0.3, -0.25) is 4.79 Å². The molecule has 3 rings (SSSR count). The predicted molar refractivity (Wildman–Crippen MR) is 117 cm³/mol. The van der Waals surface area contributed by atoms with Crippen LogP contribution in [-0.4, -0.2) is 29.7 Å². The van der Waals surface area contributed by atoms with Crippen LogP contribution in [-0.2, 0) is 14.3 Å². The van der Waals surface area contributed by atoms with Crippen LogP contribution >= 0.6 is 0 Å². The van der Waals surface area contributed by atoms with Crippen molar-refractivity contribution < 1.29 is 19.1 Å². The van der Waals surface area contributed by atoms with Crippen molar-refractivity contribution in [3.63, 3.8) is 0 Å². The molecule has 0 atom stereocenters. The van der Waals surface area contributed by atoms with Crippen molar-refractivity contribution in [3.8, 4) is 11.8 Å². The SMILES string of the molecule is Cc1cccc(C)c1OCC(=O)OCC(=O)Nc1c(C#N)c(C)c(C)n1C1CCCC1. The Balaban J connectivity index is 1.61. The van der Waals surface area contributed by atoms with E-state index >= 15 is 0 Å². The van der Waals surface area contributed by atoms with Crippen LogP contribution < -0.4 is 10.1 Å². The van der Waals surface area contributed by atoms with Crippen molar-refractivity contribution in [1.82, 2.24) is 4.57 Å². The number of carbonyl (C=O) groups is 2. The molecular formula is C24H29N3O4. The van der Waals surface area contributed by atoms with Gasteiger partial charge in [-0.1, -0.05) is 31.0 Å². The predicted octanol–water partition coefficient (Wildman–Crippen LogP) is 4.27. The number of hydrogen-bond acceptors (Lipinski definition) is 5. The summed E-state index contributed by atoms with van der Waals surface area (Å²) >= 11 is 0. The lowest BCUT2D eigenvalue weighted by Crippen LogP contribution is -2.25. The first-order valence-electron chi connectivity index (χ1n) is 10.6. The number of esters is 1. The third kappa shape index (κ3) is 4.91. The highest BCUT2D eigenvalue weighted by Gasteiger charge is 2.26. The average Bonchev–Trinajstić information content (AvgIpc) is 3.33. The van der Waals surface area contributed by atoms with E-state index in [1.54, 1.807) is 0 Å². The minimum atomic E-state index is -0.628. The fourth-order valence-electron chi connectivity index (χ4n) is 4.22. The molecule has 7 heteroatoms. The van der Waals surface area contributed by atoms with E-state index in [1.807, 2.05) is 45.9 Å². The van der Waals surface area contributed by atoms with Gasteiger partial charge in [-0.25, -0.2) is 4.79 Å². The highest BCUT2D eigenvalue weighted by atomic mass is 16.6. The lowest BCUT2D eigenvalue weighted by atomic mass is 10.1. The van der Waals surface area contributed by atoms with E-state index in [1.165, 1.54) is 0 Å². The maximum atomic E-state index is 12.5. The molecule has 164 valence electrons.